The summed E-state index contributed by atoms with van der Waals surface area (Å²) in [5.74, 6) is -5.40. The van der Waals surface area contributed by atoms with E-state index in [1.165, 1.54) is 32.7 Å². The summed E-state index contributed by atoms with van der Waals surface area (Å²) in [5.41, 5.74) is -1.37. The van der Waals surface area contributed by atoms with Crippen molar-refractivity contribution in [1.29, 1.82) is 0 Å². The lowest BCUT2D eigenvalue weighted by atomic mass is 9.85. The molecule has 202 valence electrons. The van der Waals surface area contributed by atoms with Gasteiger partial charge in [-0.2, -0.15) is 13.2 Å². The van der Waals surface area contributed by atoms with Gasteiger partial charge in [0, 0.05) is 13.6 Å². The van der Waals surface area contributed by atoms with Gasteiger partial charge in [-0.3, -0.25) is 24.0 Å². The van der Waals surface area contributed by atoms with Crippen LogP contribution >= 0.6 is 0 Å². The molecule has 9 nitrogen and oxygen atoms in total. The van der Waals surface area contributed by atoms with Crippen LogP contribution in [0.2, 0.25) is 0 Å². The number of alkyl halides is 3. The van der Waals surface area contributed by atoms with Gasteiger partial charge in [0.1, 0.15) is 12.1 Å². The standard InChI is InChI=1S/C24H35F3N4O5/c1-22(2,3)17(30-21(36)24(25,26)27)20(35)31-10-12-14(23(12,4)5)15(31)18(33)29-13(9-11-7-8-11)16(32)19(34)28-6/h11-15,17H,7-10H2,1-6H3,(H,28,34)(H,29,33)(H,30,36)/t12-,13?,14-,15-,17+/m0/s1. The Morgan fingerprint density at radius 1 is 1.03 bits per heavy atom. The molecule has 3 aliphatic rings. The first kappa shape index (κ1) is 27.9. The van der Waals surface area contributed by atoms with Crippen LogP contribution < -0.4 is 16.0 Å². The van der Waals surface area contributed by atoms with Gasteiger partial charge in [-0.05, 0) is 35.0 Å². The third kappa shape index (κ3) is 5.51. The summed E-state index contributed by atoms with van der Waals surface area (Å²) in [6, 6.07) is -3.63. The van der Waals surface area contributed by atoms with E-state index in [0.717, 1.165) is 12.8 Å². The van der Waals surface area contributed by atoms with E-state index in [1.54, 1.807) is 5.32 Å². The minimum Gasteiger partial charge on any atom is -0.353 e. The molecule has 1 saturated heterocycles. The molecule has 0 aromatic heterocycles. The van der Waals surface area contributed by atoms with E-state index in [2.05, 4.69) is 10.6 Å². The average molecular weight is 517 g/mol. The maximum atomic E-state index is 13.5. The van der Waals surface area contributed by atoms with Crippen molar-refractivity contribution < 1.29 is 37.1 Å². The number of Topliss-reactive ketones (excluding diaryl/α,β-unsaturated/α-hetero) is 1. The Labute approximate surface area is 208 Å². The molecule has 0 aromatic carbocycles. The van der Waals surface area contributed by atoms with Crippen LogP contribution in [-0.4, -0.2) is 72.2 Å². The minimum absolute atomic E-state index is 0.0624. The molecule has 36 heavy (non-hydrogen) atoms. The van der Waals surface area contributed by atoms with Crippen LogP contribution in [0.25, 0.3) is 0 Å². The molecule has 12 heteroatoms. The summed E-state index contributed by atoms with van der Waals surface area (Å²) in [6.45, 7) is 8.59. The Balaban J connectivity index is 1.86. The highest BCUT2D eigenvalue weighted by atomic mass is 19.4. The second kappa shape index (κ2) is 9.33. The lowest BCUT2D eigenvalue weighted by Crippen LogP contribution is -2.61. The van der Waals surface area contributed by atoms with Gasteiger partial charge >= 0.3 is 12.1 Å². The van der Waals surface area contributed by atoms with Crippen molar-refractivity contribution in [3.63, 3.8) is 0 Å². The zero-order valence-corrected chi connectivity index (χ0v) is 21.4. The van der Waals surface area contributed by atoms with Crippen molar-refractivity contribution in [3.8, 4) is 0 Å². The highest BCUT2D eigenvalue weighted by molar-refractivity contribution is 6.38. The fourth-order valence-electron chi connectivity index (χ4n) is 5.30. The van der Waals surface area contributed by atoms with Crippen LogP contribution in [0.1, 0.15) is 53.9 Å². The van der Waals surface area contributed by atoms with Gasteiger partial charge in [-0.15, -0.1) is 0 Å². The maximum absolute atomic E-state index is 13.5. The normalized spacial score (nSPS) is 26.4. The Bertz CT molecular complexity index is 954. The molecule has 5 atom stereocenters. The molecule has 2 aliphatic carbocycles. The van der Waals surface area contributed by atoms with E-state index < -0.39 is 59.1 Å². The van der Waals surface area contributed by atoms with Crippen LogP contribution in [0.3, 0.4) is 0 Å². The largest absolute Gasteiger partial charge is 0.471 e. The Morgan fingerprint density at radius 3 is 2.08 bits per heavy atom. The number of carbonyl (C=O) groups excluding carboxylic acids is 5. The number of ketones is 1. The SMILES string of the molecule is CNC(=O)C(=O)C(CC1CC1)NC(=O)[C@@H]1[C@@H]2[C@H](CN1C(=O)[C@@H](NC(=O)C(F)(F)F)C(C)(C)C)C2(C)C. The zero-order chi connectivity index (χ0) is 27.4. The molecule has 2 saturated carbocycles. The molecular formula is C24H35F3N4O5. The second-order valence-electron chi connectivity index (χ2n) is 11.8. The van der Waals surface area contributed by atoms with Gasteiger partial charge < -0.3 is 20.9 Å². The number of hydrogen-bond acceptors (Lipinski definition) is 5. The van der Waals surface area contributed by atoms with E-state index in [9.17, 15) is 37.1 Å². The fraction of sp³-hybridized carbons (Fsp3) is 0.792. The van der Waals surface area contributed by atoms with Crippen LogP contribution in [0, 0.1) is 28.6 Å². The monoisotopic (exact) mass is 516 g/mol. The molecule has 3 fully saturated rings. The third-order valence-electron chi connectivity index (χ3n) is 7.76. The molecule has 0 radical (unpaired) electrons. The van der Waals surface area contributed by atoms with Crippen LogP contribution in [-0.2, 0) is 24.0 Å². The summed E-state index contributed by atoms with van der Waals surface area (Å²) in [6.07, 6.45) is -3.12. The number of hydrogen-bond donors (Lipinski definition) is 3. The quantitative estimate of drug-likeness (QED) is 0.418. The van der Waals surface area contributed by atoms with Gasteiger partial charge in [0.15, 0.2) is 0 Å². The van der Waals surface area contributed by atoms with Crippen molar-refractivity contribution in [2.75, 3.05) is 13.6 Å². The molecule has 0 aromatic rings. The number of carbonyl (C=O) groups is 5. The highest BCUT2D eigenvalue weighted by Crippen LogP contribution is 2.65. The molecule has 3 N–H and O–H groups in total. The predicted molar refractivity (Wildman–Crippen MR) is 122 cm³/mol. The van der Waals surface area contributed by atoms with E-state index >= 15 is 0 Å². The molecule has 1 unspecified atom stereocenters. The van der Waals surface area contributed by atoms with Crippen molar-refractivity contribution >= 4 is 29.4 Å². The summed E-state index contributed by atoms with van der Waals surface area (Å²) in [7, 11) is 1.31. The van der Waals surface area contributed by atoms with Gasteiger partial charge in [0.25, 0.3) is 5.91 Å². The van der Waals surface area contributed by atoms with Crippen molar-refractivity contribution in [2.24, 2.45) is 28.6 Å². The van der Waals surface area contributed by atoms with E-state index in [1.807, 2.05) is 13.8 Å². The minimum atomic E-state index is -5.17. The lowest BCUT2D eigenvalue weighted by molar-refractivity contribution is -0.176. The average Bonchev–Trinajstić information content (AvgIpc) is 3.61. The lowest BCUT2D eigenvalue weighted by Gasteiger charge is -2.38. The first-order chi connectivity index (χ1) is 16.4. The van der Waals surface area contributed by atoms with E-state index in [4.69, 9.17) is 0 Å². The van der Waals surface area contributed by atoms with Crippen LogP contribution in [0.5, 0.6) is 0 Å². The smallest absolute Gasteiger partial charge is 0.353 e. The van der Waals surface area contributed by atoms with Crippen molar-refractivity contribution in [2.45, 2.75) is 78.2 Å². The molecular weight excluding hydrogens is 481 g/mol. The summed E-state index contributed by atoms with van der Waals surface area (Å²) >= 11 is 0. The predicted octanol–water partition coefficient (Wildman–Crippen LogP) is 1.16. The molecule has 3 rings (SSSR count). The van der Waals surface area contributed by atoms with Gasteiger partial charge in [0.2, 0.25) is 17.6 Å². The molecule has 4 amide bonds. The topological polar surface area (TPSA) is 125 Å². The molecule has 0 bridgehead atoms. The number of nitrogens with one attached hydrogen (secondary N) is 3. The van der Waals surface area contributed by atoms with E-state index in [-0.39, 0.29) is 29.7 Å². The zero-order valence-electron chi connectivity index (χ0n) is 21.4. The Morgan fingerprint density at radius 2 is 1.61 bits per heavy atom. The number of amides is 4. The highest BCUT2D eigenvalue weighted by Gasteiger charge is 2.70. The van der Waals surface area contributed by atoms with Crippen molar-refractivity contribution in [1.82, 2.24) is 20.9 Å². The first-order valence-corrected chi connectivity index (χ1v) is 12.2. The molecule has 0 spiro atoms. The molecule has 1 aliphatic heterocycles. The summed E-state index contributed by atoms with van der Waals surface area (Å²) in [4.78, 5) is 64.6. The Hall–Kier alpha value is -2.66. The number of fused-ring (bicyclic) bond motifs is 1. The molecule has 1 heterocycles. The number of likely N-dealkylation sites (N-methyl/N-ethyl adjacent to an activating group) is 1. The van der Waals surface area contributed by atoms with Gasteiger partial charge in [-0.1, -0.05) is 47.5 Å². The maximum Gasteiger partial charge on any atom is 0.471 e. The van der Waals surface area contributed by atoms with Crippen LogP contribution in [0.15, 0.2) is 0 Å². The summed E-state index contributed by atoms with van der Waals surface area (Å²) < 4.78 is 38.9. The number of piperidine rings is 1. The van der Waals surface area contributed by atoms with Crippen LogP contribution in [0.4, 0.5) is 13.2 Å². The number of likely N-dealkylation sites (tertiary alicyclic amines) is 1. The number of rotatable bonds is 8. The fourth-order valence-corrected chi connectivity index (χ4v) is 5.30. The van der Waals surface area contributed by atoms with Crippen molar-refractivity contribution in [3.05, 3.63) is 0 Å². The van der Waals surface area contributed by atoms with Gasteiger partial charge in [0.05, 0.1) is 6.04 Å². The number of nitrogens with zero attached hydrogens (tertiary/aromatic N) is 1. The second-order valence-corrected chi connectivity index (χ2v) is 11.8. The van der Waals surface area contributed by atoms with E-state index in [0.29, 0.717) is 6.42 Å². The summed E-state index contributed by atoms with van der Waals surface area (Å²) in [5, 5.41) is 6.73. The Kier molecular flexibility index (Phi) is 7.24. The number of halogens is 3. The first-order valence-electron chi connectivity index (χ1n) is 12.2. The third-order valence-corrected chi connectivity index (χ3v) is 7.76. The van der Waals surface area contributed by atoms with Gasteiger partial charge in [-0.25, -0.2) is 0 Å².